The summed E-state index contributed by atoms with van der Waals surface area (Å²) < 4.78 is 7.60. The summed E-state index contributed by atoms with van der Waals surface area (Å²) in [6.45, 7) is 0.523. The molecule has 86 valence electrons. The van der Waals surface area contributed by atoms with Gasteiger partial charge in [0.05, 0.1) is 5.56 Å². The Morgan fingerprint density at radius 1 is 1.24 bits per heavy atom. The molecule has 0 saturated carbocycles. The Morgan fingerprint density at radius 3 is 2.65 bits per heavy atom. The average Bonchev–Trinajstić information content (AvgIpc) is 2.37. The third-order valence-electron chi connectivity index (χ3n) is 2.42. The largest absolute Gasteiger partial charge is 0.489 e. The molecule has 1 aromatic heterocycles. The number of hydrogen-bond acceptors (Lipinski definition) is 2. The predicted molar refractivity (Wildman–Crippen MR) is 63.8 cm³/mol. The summed E-state index contributed by atoms with van der Waals surface area (Å²) >= 11 is 0. The number of aromatic nitrogens is 1. The number of ether oxygens (including phenoxy) is 1. The van der Waals surface area contributed by atoms with Gasteiger partial charge in [-0.25, -0.2) is 4.57 Å². The summed E-state index contributed by atoms with van der Waals surface area (Å²) in [5.41, 5.74) is 1.76. The van der Waals surface area contributed by atoms with E-state index in [-0.39, 0.29) is 0 Å². The van der Waals surface area contributed by atoms with Crippen LogP contribution in [0.4, 0.5) is 0 Å². The van der Waals surface area contributed by atoms with Crippen LogP contribution in [0.3, 0.4) is 0 Å². The van der Waals surface area contributed by atoms with Crippen LogP contribution in [0.15, 0.2) is 48.8 Å². The van der Waals surface area contributed by atoms with Gasteiger partial charge in [0.1, 0.15) is 25.7 Å². The molecule has 0 fully saturated rings. The summed E-state index contributed by atoms with van der Waals surface area (Å²) in [4.78, 5) is 10.5. The van der Waals surface area contributed by atoms with E-state index in [0.29, 0.717) is 12.2 Å². The number of rotatable bonds is 4. The fourth-order valence-corrected chi connectivity index (χ4v) is 1.54. The maximum Gasteiger partial charge on any atom is 0.175 e. The Kier molecular flexibility index (Phi) is 3.50. The van der Waals surface area contributed by atoms with Crippen LogP contribution in [-0.2, 0) is 13.7 Å². The van der Waals surface area contributed by atoms with Crippen molar-refractivity contribution in [2.75, 3.05) is 0 Å². The number of carbonyl (C=O) groups excluding carboxylic acids is 1. The van der Waals surface area contributed by atoms with Crippen LogP contribution in [0.5, 0.6) is 5.75 Å². The highest BCUT2D eigenvalue weighted by molar-refractivity contribution is 5.74. The van der Waals surface area contributed by atoms with Gasteiger partial charge in [-0.05, 0) is 30.3 Å². The minimum atomic E-state index is 0.523. The molecule has 0 atom stereocenters. The minimum Gasteiger partial charge on any atom is -0.489 e. The van der Waals surface area contributed by atoms with E-state index < -0.39 is 0 Å². The van der Waals surface area contributed by atoms with Crippen LogP contribution in [0, 0.1) is 0 Å². The van der Waals surface area contributed by atoms with E-state index in [4.69, 9.17) is 4.74 Å². The average molecular weight is 228 g/mol. The normalized spacial score (nSPS) is 9.94. The zero-order chi connectivity index (χ0) is 12.1. The van der Waals surface area contributed by atoms with Crippen molar-refractivity contribution in [3.8, 4) is 5.75 Å². The summed E-state index contributed by atoms with van der Waals surface area (Å²) in [5.74, 6) is 0.766. The number of hydrogen-bond donors (Lipinski definition) is 0. The number of carbonyl (C=O) groups is 1. The molecule has 0 bridgehead atoms. The lowest BCUT2D eigenvalue weighted by molar-refractivity contribution is -0.672. The summed E-state index contributed by atoms with van der Waals surface area (Å²) in [6.07, 6.45) is 4.81. The van der Waals surface area contributed by atoms with Crippen molar-refractivity contribution in [2.45, 2.75) is 6.61 Å². The molecule has 0 spiro atoms. The van der Waals surface area contributed by atoms with Crippen LogP contribution in [0.1, 0.15) is 15.9 Å². The summed E-state index contributed by atoms with van der Waals surface area (Å²) in [6, 6.07) is 11.1. The lowest BCUT2D eigenvalue weighted by Crippen LogP contribution is -2.27. The molecule has 3 nitrogen and oxygen atoms in total. The Hall–Kier alpha value is -2.16. The number of benzene rings is 1. The lowest BCUT2D eigenvalue weighted by atomic mass is 10.2. The highest BCUT2D eigenvalue weighted by atomic mass is 16.5. The maximum atomic E-state index is 10.5. The quantitative estimate of drug-likeness (QED) is 0.591. The first-order valence-electron chi connectivity index (χ1n) is 5.40. The van der Waals surface area contributed by atoms with Crippen LogP contribution >= 0.6 is 0 Å². The van der Waals surface area contributed by atoms with Crippen molar-refractivity contribution >= 4 is 6.29 Å². The van der Waals surface area contributed by atoms with E-state index in [1.807, 2.05) is 36.1 Å². The molecular weight excluding hydrogens is 214 g/mol. The second-order valence-corrected chi connectivity index (χ2v) is 3.85. The lowest BCUT2D eigenvalue weighted by Gasteiger charge is -2.05. The summed E-state index contributed by atoms with van der Waals surface area (Å²) in [7, 11) is 1.97. The van der Waals surface area contributed by atoms with Crippen LogP contribution in [-0.4, -0.2) is 6.29 Å². The molecule has 0 N–H and O–H groups in total. The molecular formula is C14H14NO2+. The zero-order valence-electron chi connectivity index (χ0n) is 9.67. The van der Waals surface area contributed by atoms with Crippen molar-refractivity contribution in [1.82, 2.24) is 0 Å². The van der Waals surface area contributed by atoms with Crippen molar-refractivity contribution in [2.24, 2.45) is 7.05 Å². The zero-order valence-corrected chi connectivity index (χ0v) is 9.67. The van der Waals surface area contributed by atoms with Crippen molar-refractivity contribution in [3.63, 3.8) is 0 Å². The van der Waals surface area contributed by atoms with E-state index in [0.717, 1.165) is 17.6 Å². The fourth-order valence-electron chi connectivity index (χ4n) is 1.54. The Morgan fingerprint density at radius 2 is 2.00 bits per heavy atom. The molecule has 2 aromatic rings. The molecule has 0 aliphatic carbocycles. The van der Waals surface area contributed by atoms with Crippen molar-refractivity contribution in [3.05, 3.63) is 59.9 Å². The highest BCUT2D eigenvalue weighted by Crippen LogP contribution is 2.12. The molecule has 1 heterocycles. The standard InChI is InChI=1S/C14H14NO2/c1-15-8-2-3-13(9-15)11-17-14-6-4-12(10-16)5-7-14/h2-10H,11H2,1H3/q+1. The van der Waals surface area contributed by atoms with Gasteiger partial charge in [0, 0.05) is 11.6 Å². The van der Waals surface area contributed by atoms with E-state index in [1.54, 1.807) is 24.3 Å². The van der Waals surface area contributed by atoms with Gasteiger partial charge < -0.3 is 4.74 Å². The molecule has 0 aliphatic heterocycles. The smallest absolute Gasteiger partial charge is 0.175 e. The Balaban J connectivity index is 1.99. The van der Waals surface area contributed by atoms with Gasteiger partial charge in [0.2, 0.25) is 0 Å². The van der Waals surface area contributed by atoms with Gasteiger partial charge in [-0.2, -0.15) is 0 Å². The van der Waals surface area contributed by atoms with E-state index in [9.17, 15) is 4.79 Å². The van der Waals surface area contributed by atoms with E-state index in [2.05, 4.69) is 0 Å². The van der Waals surface area contributed by atoms with E-state index in [1.165, 1.54) is 0 Å². The number of nitrogens with zero attached hydrogens (tertiary/aromatic N) is 1. The minimum absolute atomic E-state index is 0.523. The monoisotopic (exact) mass is 228 g/mol. The molecule has 0 saturated heterocycles. The first-order chi connectivity index (χ1) is 8.28. The predicted octanol–water partition coefficient (Wildman–Crippen LogP) is 1.90. The molecule has 2 rings (SSSR count). The topological polar surface area (TPSA) is 30.2 Å². The van der Waals surface area contributed by atoms with Gasteiger partial charge in [0.15, 0.2) is 12.4 Å². The molecule has 0 amide bonds. The molecule has 3 heteroatoms. The Labute approximate surface area is 100 Å². The van der Waals surface area contributed by atoms with Gasteiger partial charge in [0.25, 0.3) is 0 Å². The molecule has 0 aliphatic rings. The molecule has 0 radical (unpaired) electrons. The second kappa shape index (κ2) is 5.25. The number of pyridine rings is 1. The highest BCUT2D eigenvalue weighted by Gasteiger charge is 2.00. The molecule has 0 unspecified atom stereocenters. The van der Waals surface area contributed by atoms with Crippen LogP contribution in [0.2, 0.25) is 0 Å². The van der Waals surface area contributed by atoms with Gasteiger partial charge in [-0.3, -0.25) is 4.79 Å². The second-order valence-electron chi connectivity index (χ2n) is 3.85. The third kappa shape index (κ3) is 3.14. The van der Waals surface area contributed by atoms with Gasteiger partial charge >= 0.3 is 0 Å². The summed E-state index contributed by atoms with van der Waals surface area (Å²) in [5, 5.41) is 0. The molecule has 1 aromatic carbocycles. The Bertz CT molecular complexity index is 506. The SMILES string of the molecule is C[n+]1cccc(COc2ccc(C=O)cc2)c1. The first kappa shape index (κ1) is 11.3. The molecule has 17 heavy (non-hydrogen) atoms. The van der Waals surface area contributed by atoms with Crippen LogP contribution in [0.25, 0.3) is 0 Å². The van der Waals surface area contributed by atoms with Crippen LogP contribution < -0.4 is 9.30 Å². The maximum absolute atomic E-state index is 10.5. The van der Waals surface area contributed by atoms with E-state index >= 15 is 0 Å². The number of aryl methyl sites for hydroxylation is 1. The van der Waals surface area contributed by atoms with Gasteiger partial charge in [-0.15, -0.1) is 0 Å². The first-order valence-corrected chi connectivity index (χ1v) is 5.40. The fraction of sp³-hybridized carbons (Fsp3) is 0.143. The number of aldehydes is 1. The van der Waals surface area contributed by atoms with Crippen molar-refractivity contribution in [1.29, 1.82) is 0 Å². The van der Waals surface area contributed by atoms with Gasteiger partial charge in [-0.1, -0.05) is 0 Å². The van der Waals surface area contributed by atoms with Crippen molar-refractivity contribution < 1.29 is 14.1 Å². The third-order valence-corrected chi connectivity index (χ3v) is 2.42.